The third kappa shape index (κ3) is 2.92. The maximum atomic E-state index is 11.9. The van der Waals surface area contributed by atoms with E-state index in [2.05, 4.69) is 17.6 Å². The van der Waals surface area contributed by atoms with Crippen LogP contribution >= 0.6 is 0 Å². The van der Waals surface area contributed by atoms with Gasteiger partial charge in [-0.1, -0.05) is 6.92 Å². The van der Waals surface area contributed by atoms with Crippen LogP contribution in [0.25, 0.3) is 0 Å². The average molecular weight is 214 g/mol. The summed E-state index contributed by atoms with van der Waals surface area (Å²) >= 11 is 0. The average Bonchev–Trinajstić information content (AvgIpc) is 2.50. The van der Waals surface area contributed by atoms with Crippen molar-refractivity contribution in [2.75, 3.05) is 6.54 Å². The van der Waals surface area contributed by atoms with Crippen LogP contribution in [0.4, 0.5) is 0 Å². The molecule has 0 bridgehead atoms. The van der Waals surface area contributed by atoms with Gasteiger partial charge in [-0.05, 0) is 39.7 Å². The number of aliphatic hydroxyl groups excluding tert-OH is 1. The lowest BCUT2D eigenvalue weighted by molar-refractivity contribution is -0.126. The van der Waals surface area contributed by atoms with E-state index in [4.69, 9.17) is 0 Å². The Kier molecular flexibility index (Phi) is 3.73. The minimum atomic E-state index is -0.568. The number of hydrogen-bond acceptors (Lipinski definition) is 3. The molecule has 4 heteroatoms. The first-order valence-corrected chi connectivity index (χ1v) is 5.58. The Hall–Kier alpha value is -0.610. The van der Waals surface area contributed by atoms with E-state index < -0.39 is 11.6 Å². The zero-order valence-corrected chi connectivity index (χ0v) is 10.0. The maximum absolute atomic E-state index is 11.9. The Morgan fingerprint density at radius 1 is 1.60 bits per heavy atom. The SMILES string of the molecule is CC1CCNC1C(=O)NC(C)(C)C(C)O. The molecule has 0 radical (unpaired) electrons. The Labute approximate surface area is 91.4 Å². The van der Waals surface area contributed by atoms with Gasteiger partial charge in [-0.2, -0.15) is 0 Å². The first-order valence-electron chi connectivity index (χ1n) is 5.58. The van der Waals surface area contributed by atoms with Crippen molar-refractivity contribution in [3.8, 4) is 0 Å². The molecule has 1 aliphatic rings. The monoisotopic (exact) mass is 214 g/mol. The minimum Gasteiger partial charge on any atom is -0.391 e. The number of amides is 1. The molecule has 15 heavy (non-hydrogen) atoms. The maximum Gasteiger partial charge on any atom is 0.237 e. The molecule has 0 aromatic heterocycles. The molecule has 1 rings (SSSR count). The summed E-state index contributed by atoms with van der Waals surface area (Å²) in [6, 6.07) is -0.108. The van der Waals surface area contributed by atoms with Gasteiger partial charge in [0.15, 0.2) is 0 Å². The molecule has 3 atom stereocenters. The molecular weight excluding hydrogens is 192 g/mol. The number of aliphatic hydroxyl groups is 1. The number of carbonyl (C=O) groups excluding carboxylic acids is 1. The second-order valence-corrected chi connectivity index (χ2v) is 5.08. The highest BCUT2D eigenvalue weighted by atomic mass is 16.3. The highest BCUT2D eigenvalue weighted by molar-refractivity contribution is 5.83. The fourth-order valence-corrected chi connectivity index (χ4v) is 1.69. The summed E-state index contributed by atoms with van der Waals surface area (Å²) in [6.45, 7) is 8.31. The summed E-state index contributed by atoms with van der Waals surface area (Å²) in [6.07, 6.45) is 0.478. The van der Waals surface area contributed by atoms with Crippen molar-refractivity contribution < 1.29 is 9.90 Å². The lowest BCUT2D eigenvalue weighted by Gasteiger charge is -2.31. The van der Waals surface area contributed by atoms with E-state index in [-0.39, 0.29) is 11.9 Å². The summed E-state index contributed by atoms with van der Waals surface area (Å²) < 4.78 is 0. The molecule has 0 aromatic carbocycles. The normalized spacial score (nSPS) is 28.9. The molecule has 0 aromatic rings. The summed E-state index contributed by atoms with van der Waals surface area (Å²) in [4.78, 5) is 11.9. The number of nitrogens with one attached hydrogen (secondary N) is 2. The molecule has 3 unspecified atom stereocenters. The lowest BCUT2D eigenvalue weighted by Crippen LogP contribution is -2.56. The van der Waals surface area contributed by atoms with Gasteiger partial charge < -0.3 is 15.7 Å². The van der Waals surface area contributed by atoms with Crippen LogP contribution in [-0.2, 0) is 4.79 Å². The zero-order valence-electron chi connectivity index (χ0n) is 10.0. The van der Waals surface area contributed by atoms with Crippen molar-refractivity contribution in [1.29, 1.82) is 0 Å². The van der Waals surface area contributed by atoms with E-state index in [9.17, 15) is 9.90 Å². The van der Waals surface area contributed by atoms with Gasteiger partial charge in [0, 0.05) is 0 Å². The van der Waals surface area contributed by atoms with Gasteiger partial charge in [-0.3, -0.25) is 4.79 Å². The molecule has 88 valence electrons. The largest absolute Gasteiger partial charge is 0.391 e. The van der Waals surface area contributed by atoms with Gasteiger partial charge in [0.25, 0.3) is 0 Å². The van der Waals surface area contributed by atoms with Crippen molar-refractivity contribution in [1.82, 2.24) is 10.6 Å². The van der Waals surface area contributed by atoms with Gasteiger partial charge in [0.2, 0.25) is 5.91 Å². The van der Waals surface area contributed by atoms with Crippen LogP contribution in [0, 0.1) is 5.92 Å². The third-order valence-corrected chi connectivity index (χ3v) is 3.31. The van der Waals surface area contributed by atoms with Gasteiger partial charge in [0.05, 0.1) is 17.7 Å². The van der Waals surface area contributed by atoms with Crippen LogP contribution in [0.2, 0.25) is 0 Å². The molecule has 3 N–H and O–H groups in total. The van der Waals surface area contributed by atoms with Crippen LogP contribution in [0.3, 0.4) is 0 Å². The topological polar surface area (TPSA) is 61.4 Å². The fraction of sp³-hybridized carbons (Fsp3) is 0.909. The summed E-state index contributed by atoms with van der Waals surface area (Å²) in [7, 11) is 0. The number of rotatable bonds is 3. The number of hydrogen-bond donors (Lipinski definition) is 3. The number of carbonyl (C=O) groups is 1. The molecule has 0 saturated carbocycles. The van der Waals surface area contributed by atoms with Crippen LogP contribution in [0.15, 0.2) is 0 Å². The molecule has 1 fully saturated rings. The van der Waals surface area contributed by atoms with Crippen LogP contribution in [0.5, 0.6) is 0 Å². The van der Waals surface area contributed by atoms with Crippen molar-refractivity contribution in [2.24, 2.45) is 5.92 Å². The predicted molar refractivity (Wildman–Crippen MR) is 59.5 cm³/mol. The molecule has 0 aliphatic carbocycles. The van der Waals surface area contributed by atoms with Gasteiger partial charge in [-0.25, -0.2) is 0 Å². The van der Waals surface area contributed by atoms with E-state index >= 15 is 0 Å². The molecule has 1 aliphatic heterocycles. The van der Waals surface area contributed by atoms with E-state index in [1.54, 1.807) is 6.92 Å². The summed E-state index contributed by atoms with van der Waals surface area (Å²) in [5.74, 6) is 0.362. The summed E-state index contributed by atoms with van der Waals surface area (Å²) in [5, 5.41) is 15.6. The smallest absolute Gasteiger partial charge is 0.237 e. The molecule has 1 saturated heterocycles. The third-order valence-electron chi connectivity index (χ3n) is 3.31. The van der Waals surface area contributed by atoms with E-state index in [0.29, 0.717) is 5.92 Å². The zero-order chi connectivity index (χ0) is 11.6. The Bertz CT molecular complexity index is 239. The van der Waals surface area contributed by atoms with E-state index in [0.717, 1.165) is 13.0 Å². The second-order valence-electron chi connectivity index (χ2n) is 5.08. The standard InChI is InChI=1S/C11H22N2O2/c1-7-5-6-12-9(7)10(15)13-11(3,4)8(2)14/h7-9,12,14H,5-6H2,1-4H3,(H,13,15). The molecule has 0 spiro atoms. The Morgan fingerprint density at radius 3 is 2.60 bits per heavy atom. The first kappa shape index (κ1) is 12.5. The minimum absolute atomic E-state index is 0.00843. The van der Waals surface area contributed by atoms with Gasteiger partial charge in [0.1, 0.15) is 0 Å². The van der Waals surface area contributed by atoms with E-state index in [1.165, 1.54) is 0 Å². The first-order chi connectivity index (χ1) is 6.84. The Morgan fingerprint density at radius 2 is 2.20 bits per heavy atom. The predicted octanol–water partition coefficient (Wildman–Crippen LogP) is 0.260. The second kappa shape index (κ2) is 4.49. The highest BCUT2D eigenvalue weighted by Gasteiger charge is 2.34. The lowest BCUT2D eigenvalue weighted by atomic mass is 9.96. The van der Waals surface area contributed by atoms with Crippen molar-refractivity contribution in [2.45, 2.75) is 51.8 Å². The molecule has 1 heterocycles. The molecular formula is C11H22N2O2. The van der Waals surface area contributed by atoms with Crippen LogP contribution < -0.4 is 10.6 Å². The van der Waals surface area contributed by atoms with Crippen LogP contribution in [0.1, 0.15) is 34.1 Å². The van der Waals surface area contributed by atoms with Crippen molar-refractivity contribution >= 4 is 5.91 Å². The Balaban J connectivity index is 2.55. The highest BCUT2D eigenvalue weighted by Crippen LogP contribution is 2.16. The van der Waals surface area contributed by atoms with E-state index in [1.807, 2.05) is 13.8 Å². The van der Waals surface area contributed by atoms with Crippen molar-refractivity contribution in [3.05, 3.63) is 0 Å². The van der Waals surface area contributed by atoms with Crippen molar-refractivity contribution in [3.63, 3.8) is 0 Å². The van der Waals surface area contributed by atoms with Crippen LogP contribution in [-0.4, -0.2) is 35.2 Å². The molecule has 4 nitrogen and oxygen atoms in total. The van der Waals surface area contributed by atoms with Gasteiger partial charge in [-0.15, -0.1) is 0 Å². The molecule has 1 amide bonds. The quantitative estimate of drug-likeness (QED) is 0.631. The van der Waals surface area contributed by atoms with Gasteiger partial charge >= 0.3 is 0 Å². The summed E-state index contributed by atoms with van der Waals surface area (Å²) in [5.41, 5.74) is -0.568. The fourth-order valence-electron chi connectivity index (χ4n) is 1.69.